The number of carbonyl (C=O) groups is 3. The fourth-order valence-electron chi connectivity index (χ4n) is 5.73. The van der Waals surface area contributed by atoms with Gasteiger partial charge in [0.05, 0.1) is 6.04 Å². The molecule has 152 valence electrons. The van der Waals surface area contributed by atoms with Crippen molar-refractivity contribution < 1.29 is 14.4 Å². The SMILES string of the molecule is CC1CC(C)(C)CC2(C1)NC(=O)N(CC(=O)N1CCc3sccc3C1C)C2=O. The van der Waals surface area contributed by atoms with Crippen LogP contribution in [0.2, 0.25) is 0 Å². The summed E-state index contributed by atoms with van der Waals surface area (Å²) in [5, 5.41) is 5.01. The van der Waals surface area contributed by atoms with Crippen molar-refractivity contribution in [1.82, 2.24) is 15.1 Å². The van der Waals surface area contributed by atoms with Crippen LogP contribution in [0.15, 0.2) is 11.4 Å². The van der Waals surface area contributed by atoms with Gasteiger partial charge < -0.3 is 10.2 Å². The number of hydrogen-bond acceptors (Lipinski definition) is 4. The van der Waals surface area contributed by atoms with E-state index in [1.807, 2.05) is 6.92 Å². The van der Waals surface area contributed by atoms with Crippen molar-refractivity contribution in [2.45, 2.75) is 65.0 Å². The molecule has 7 heteroatoms. The summed E-state index contributed by atoms with van der Waals surface area (Å²) >= 11 is 1.72. The third-order valence-electron chi connectivity index (χ3n) is 6.52. The highest BCUT2D eigenvalue weighted by molar-refractivity contribution is 7.10. The second-order valence-corrected chi connectivity index (χ2v) is 10.6. The number of fused-ring (bicyclic) bond motifs is 1. The molecule has 3 unspecified atom stereocenters. The summed E-state index contributed by atoms with van der Waals surface area (Å²) in [4.78, 5) is 43.2. The minimum atomic E-state index is -0.855. The van der Waals surface area contributed by atoms with E-state index in [1.165, 1.54) is 10.4 Å². The molecule has 28 heavy (non-hydrogen) atoms. The van der Waals surface area contributed by atoms with E-state index in [1.54, 1.807) is 16.2 Å². The van der Waals surface area contributed by atoms with Crippen LogP contribution in [0.4, 0.5) is 4.79 Å². The monoisotopic (exact) mass is 403 g/mol. The lowest BCUT2D eigenvalue weighted by Crippen LogP contribution is -2.54. The van der Waals surface area contributed by atoms with E-state index in [-0.39, 0.29) is 29.8 Å². The fourth-order valence-corrected chi connectivity index (χ4v) is 6.69. The standard InChI is InChI=1S/C21H29N3O3S/c1-13-9-20(3,4)12-21(10-13)18(26)24(19(27)22-21)11-17(25)23-7-5-16-15(14(23)2)6-8-28-16/h6,8,13-14H,5,7,9-12H2,1-4H3,(H,22,27). The van der Waals surface area contributed by atoms with Crippen molar-refractivity contribution in [3.8, 4) is 0 Å². The maximum Gasteiger partial charge on any atom is 0.325 e. The van der Waals surface area contributed by atoms with Gasteiger partial charge in [-0.15, -0.1) is 11.3 Å². The number of carbonyl (C=O) groups excluding carboxylic acids is 3. The van der Waals surface area contributed by atoms with Crippen LogP contribution in [0.1, 0.15) is 63.4 Å². The highest BCUT2D eigenvalue weighted by atomic mass is 32.1. The van der Waals surface area contributed by atoms with Crippen molar-refractivity contribution in [2.75, 3.05) is 13.1 Å². The molecule has 0 bridgehead atoms. The minimum absolute atomic E-state index is 0.0165. The molecule has 1 aliphatic carbocycles. The molecule has 0 aromatic carbocycles. The normalized spacial score (nSPS) is 31.9. The average Bonchev–Trinajstić information content (AvgIpc) is 3.13. The Hall–Kier alpha value is -1.89. The molecule has 1 aromatic rings. The summed E-state index contributed by atoms with van der Waals surface area (Å²) in [7, 11) is 0. The van der Waals surface area contributed by atoms with Gasteiger partial charge in [0, 0.05) is 11.4 Å². The van der Waals surface area contributed by atoms with Crippen LogP contribution >= 0.6 is 11.3 Å². The number of hydrogen-bond donors (Lipinski definition) is 1. The molecule has 3 atom stereocenters. The van der Waals surface area contributed by atoms with Gasteiger partial charge in [-0.3, -0.25) is 14.5 Å². The number of rotatable bonds is 2. The van der Waals surface area contributed by atoms with Crippen LogP contribution in [0.5, 0.6) is 0 Å². The molecular weight excluding hydrogens is 374 g/mol. The molecule has 0 radical (unpaired) electrons. The first-order chi connectivity index (χ1) is 13.1. The van der Waals surface area contributed by atoms with Gasteiger partial charge in [0.25, 0.3) is 5.91 Å². The zero-order chi connectivity index (χ0) is 20.3. The van der Waals surface area contributed by atoms with E-state index in [0.717, 1.165) is 17.7 Å². The Morgan fingerprint density at radius 2 is 2.04 bits per heavy atom. The van der Waals surface area contributed by atoms with Crippen molar-refractivity contribution in [1.29, 1.82) is 0 Å². The molecule has 6 nitrogen and oxygen atoms in total. The predicted octanol–water partition coefficient (Wildman–Crippen LogP) is 3.33. The summed E-state index contributed by atoms with van der Waals surface area (Å²) in [6, 6.07) is 1.62. The van der Waals surface area contributed by atoms with Crippen molar-refractivity contribution in [3.05, 3.63) is 21.9 Å². The topological polar surface area (TPSA) is 69.7 Å². The Kier molecular flexibility index (Phi) is 4.56. The van der Waals surface area contributed by atoms with Gasteiger partial charge in [-0.05, 0) is 60.9 Å². The fraction of sp³-hybridized carbons (Fsp3) is 0.667. The highest BCUT2D eigenvalue weighted by Gasteiger charge is 2.56. The number of thiophene rings is 1. The minimum Gasteiger partial charge on any atom is -0.334 e. The van der Waals surface area contributed by atoms with Gasteiger partial charge >= 0.3 is 6.03 Å². The molecule has 1 N–H and O–H groups in total. The summed E-state index contributed by atoms with van der Waals surface area (Å²) in [5.74, 6) is -0.0397. The number of imide groups is 1. The van der Waals surface area contributed by atoms with Crippen LogP contribution in [-0.4, -0.2) is 46.3 Å². The second kappa shape index (κ2) is 6.58. The molecule has 1 saturated carbocycles. The van der Waals surface area contributed by atoms with Gasteiger partial charge in [-0.25, -0.2) is 4.79 Å². The van der Waals surface area contributed by atoms with Crippen LogP contribution in [0.25, 0.3) is 0 Å². The molecule has 4 rings (SSSR count). The Balaban J connectivity index is 1.50. The number of amides is 4. The zero-order valence-electron chi connectivity index (χ0n) is 17.1. The Morgan fingerprint density at radius 1 is 1.29 bits per heavy atom. The van der Waals surface area contributed by atoms with Crippen molar-refractivity contribution >= 4 is 29.2 Å². The summed E-state index contributed by atoms with van der Waals surface area (Å²) in [6.07, 6.45) is 3.13. The van der Waals surface area contributed by atoms with E-state index in [9.17, 15) is 14.4 Å². The second-order valence-electron chi connectivity index (χ2n) is 9.57. The first kappa shape index (κ1) is 19.4. The summed E-state index contributed by atoms with van der Waals surface area (Å²) in [6.45, 7) is 8.89. The average molecular weight is 404 g/mol. The summed E-state index contributed by atoms with van der Waals surface area (Å²) < 4.78 is 0. The third kappa shape index (κ3) is 3.13. The summed E-state index contributed by atoms with van der Waals surface area (Å²) in [5.41, 5.74) is 0.310. The Morgan fingerprint density at radius 3 is 2.75 bits per heavy atom. The molecular formula is C21H29N3O3S. The lowest BCUT2D eigenvalue weighted by molar-refractivity contribution is -0.142. The van der Waals surface area contributed by atoms with E-state index < -0.39 is 11.6 Å². The number of nitrogens with one attached hydrogen (secondary N) is 1. The molecule has 1 spiro atoms. The number of urea groups is 1. The highest BCUT2D eigenvalue weighted by Crippen LogP contribution is 2.46. The van der Waals surface area contributed by atoms with Crippen LogP contribution in [-0.2, 0) is 16.0 Å². The van der Waals surface area contributed by atoms with E-state index in [2.05, 4.69) is 37.5 Å². The molecule has 3 aliphatic rings. The Labute approximate surface area is 170 Å². The van der Waals surface area contributed by atoms with Gasteiger partial charge in [0.15, 0.2) is 0 Å². The zero-order valence-corrected chi connectivity index (χ0v) is 17.9. The van der Waals surface area contributed by atoms with E-state index in [0.29, 0.717) is 25.3 Å². The third-order valence-corrected chi connectivity index (χ3v) is 7.51. The molecule has 1 saturated heterocycles. The van der Waals surface area contributed by atoms with Crippen LogP contribution in [0.3, 0.4) is 0 Å². The van der Waals surface area contributed by atoms with E-state index in [4.69, 9.17) is 0 Å². The largest absolute Gasteiger partial charge is 0.334 e. The number of nitrogens with zero attached hydrogens (tertiary/aromatic N) is 2. The Bertz CT molecular complexity index is 833. The smallest absolute Gasteiger partial charge is 0.325 e. The first-order valence-electron chi connectivity index (χ1n) is 10.1. The molecule has 4 amide bonds. The van der Waals surface area contributed by atoms with Crippen LogP contribution in [0, 0.1) is 11.3 Å². The predicted molar refractivity (Wildman–Crippen MR) is 108 cm³/mol. The van der Waals surface area contributed by atoms with Crippen molar-refractivity contribution in [2.24, 2.45) is 11.3 Å². The molecule has 1 aromatic heterocycles. The lowest BCUT2D eigenvalue weighted by Gasteiger charge is -2.43. The molecule has 3 heterocycles. The maximum atomic E-state index is 13.3. The van der Waals surface area contributed by atoms with E-state index >= 15 is 0 Å². The van der Waals surface area contributed by atoms with Crippen molar-refractivity contribution in [3.63, 3.8) is 0 Å². The first-order valence-corrected chi connectivity index (χ1v) is 11.0. The van der Waals surface area contributed by atoms with Gasteiger partial charge in [0.1, 0.15) is 12.1 Å². The quantitative estimate of drug-likeness (QED) is 0.770. The maximum absolute atomic E-state index is 13.3. The van der Waals surface area contributed by atoms with Gasteiger partial charge in [-0.1, -0.05) is 20.8 Å². The molecule has 2 fully saturated rings. The van der Waals surface area contributed by atoms with Crippen LogP contribution < -0.4 is 5.32 Å². The van der Waals surface area contributed by atoms with Gasteiger partial charge in [0.2, 0.25) is 5.91 Å². The molecule has 2 aliphatic heterocycles. The lowest BCUT2D eigenvalue weighted by atomic mass is 9.64. The van der Waals surface area contributed by atoms with Gasteiger partial charge in [-0.2, -0.15) is 0 Å².